The van der Waals surface area contributed by atoms with Gasteiger partial charge in [0.2, 0.25) is 0 Å². The quantitative estimate of drug-likeness (QED) is 0.244. The van der Waals surface area contributed by atoms with Gasteiger partial charge in [0.15, 0.2) is 23.3 Å². The van der Waals surface area contributed by atoms with Crippen LogP contribution in [0.2, 0.25) is 0 Å². The van der Waals surface area contributed by atoms with Crippen molar-refractivity contribution in [2.45, 2.75) is 0 Å². The second-order valence-electron chi connectivity index (χ2n) is 11.2. The Balaban J connectivity index is 0.00000361. The topological polar surface area (TPSA) is 229 Å². The molecular formula is C35H15AuN8O6. The third kappa shape index (κ3) is 4.51. The van der Waals surface area contributed by atoms with Gasteiger partial charge in [-0.2, -0.15) is 0 Å². The fraction of sp³-hybridized carbons (Fsp3) is 0. The van der Waals surface area contributed by atoms with Gasteiger partial charge in [-0.1, -0.05) is 72.8 Å². The first-order chi connectivity index (χ1) is 23.8. The van der Waals surface area contributed by atoms with Gasteiger partial charge in [0.05, 0.1) is 17.9 Å². The van der Waals surface area contributed by atoms with Crippen molar-refractivity contribution < 1.29 is 52.1 Å². The van der Waals surface area contributed by atoms with E-state index in [1.165, 1.54) is 0 Å². The molecule has 50 heavy (non-hydrogen) atoms. The molecule has 0 saturated heterocycles. The molecule has 0 radical (unpaired) electrons. The Morgan fingerprint density at radius 1 is 0.460 bits per heavy atom. The number of carbonyl (C=O) groups excluding carboxylic acids is 3. The van der Waals surface area contributed by atoms with E-state index in [0.717, 1.165) is 16.8 Å². The molecule has 0 unspecified atom stereocenters. The van der Waals surface area contributed by atoms with Gasteiger partial charge in [0.1, 0.15) is 22.6 Å². The number of H-pyrrole nitrogens is 2. The summed E-state index contributed by atoms with van der Waals surface area (Å²) < 4.78 is 0. The molecule has 5 heterocycles. The Kier molecular flexibility index (Phi) is 6.90. The molecule has 14 nitrogen and oxygen atoms in total. The molecule has 0 aliphatic carbocycles. The molecule has 4 aromatic carbocycles. The van der Waals surface area contributed by atoms with Crippen LogP contribution in [-0.4, -0.2) is 57.8 Å². The van der Waals surface area contributed by atoms with Crippen LogP contribution >= 0.6 is 0 Å². The average Bonchev–Trinajstić information content (AvgIpc) is 3.83. The number of carboxylic acid groups (broad SMARTS) is 3. The van der Waals surface area contributed by atoms with Gasteiger partial charge in [-0.05, 0) is 6.07 Å². The van der Waals surface area contributed by atoms with Crippen molar-refractivity contribution in [2.24, 2.45) is 0 Å². The average molecular weight is 841 g/mol. The summed E-state index contributed by atoms with van der Waals surface area (Å²) in [6, 6.07) is 22.8. The molecule has 7 aromatic rings. The van der Waals surface area contributed by atoms with Gasteiger partial charge in [0.25, 0.3) is 0 Å². The Morgan fingerprint density at radius 3 is 1.26 bits per heavy atom. The Bertz CT molecular complexity index is 2850. The number of hydrogen-bond donors (Lipinski definition) is 2. The molecule has 242 valence electrons. The summed E-state index contributed by atoms with van der Waals surface area (Å²) in [6.07, 6.45) is 0. The molecule has 3 aromatic heterocycles. The number of hydrogen-bond acceptors (Lipinski definition) is 12. The minimum absolute atomic E-state index is 0. The molecule has 2 N–H and O–H groups in total. The Morgan fingerprint density at radius 2 is 0.840 bits per heavy atom. The molecule has 0 fully saturated rings. The van der Waals surface area contributed by atoms with E-state index < -0.39 is 34.6 Å². The predicted octanol–water partition coefficient (Wildman–Crippen LogP) is 1.96. The van der Waals surface area contributed by atoms with Crippen LogP contribution in [0.25, 0.3) is 89.7 Å². The van der Waals surface area contributed by atoms with Crippen molar-refractivity contribution in [1.82, 2.24) is 39.9 Å². The maximum atomic E-state index is 12.6. The Hall–Kier alpha value is -6.61. The van der Waals surface area contributed by atoms with Gasteiger partial charge < -0.3 is 39.7 Å². The van der Waals surface area contributed by atoms with E-state index in [1.807, 2.05) is 36.4 Å². The number of aromatic amines is 2. The zero-order chi connectivity index (χ0) is 33.6. The monoisotopic (exact) mass is 840 g/mol. The number of fused-ring (bicyclic) bond motifs is 20. The summed E-state index contributed by atoms with van der Waals surface area (Å²) in [4.78, 5) is 71.8. The van der Waals surface area contributed by atoms with Crippen molar-refractivity contribution in [2.75, 3.05) is 0 Å². The maximum absolute atomic E-state index is 12.6. The molecule has 2 aliphatic heterocycles. The van der Waals surface area contributed by atoms with Gasteiger partial charge in [-0.25, -0.2) is 29.9 Å². The van der Waals surface area contributed by atoms with Gasteiger partial charge in [0, 0.05) is 60.5 Å². The van der Waals surface area contributed by atoms with Gasteiger partial charge in [-0.15, -0.1) is 0 Å². The van der Waals surface area contributed by atoms with Crippen LogP contribution in [-0.2, 0) is 22.4 Å². The van der Waals surface area contributed by atoms with E-state index in [-0.39, 0.29) is 61.9 Å². The number of aromatic carboxylic acids is 3. The number of benzene rings is 4. The smallest absolute Gasteiger partial charge is 0.545 e. The van der Waals surface area contributed by atoms with Crippen LogP contribution < -0.4 is 15.3 Å². The minimum Gasteiger partial charge on any atom is -0.545 e. The summed E-state index contributed by atoms with van der Waals surface area (Å²) in [7, 11) is 0. The van der Waals surface area contributed by atoms with Crippen LogP contribution in [0, 0.1) is 0 Å². The van der Waals surface area contributed by atoms with Crippen LogP contribution in [0.5, 0.6) is 0 Å². The predicted molar refractivity (Wildman–Crippen MR) is 169 cm³/mol. The van der Waals surface area contributed by atoms with Crippen molar-refractivity contribution in [3.63, 3.8) is 0 Å². The zero-order valence-corrected chi connectivity index (χ0v) is 27.1. The second-order valence-corrected chi connectivity index (χ2v) is 11.2. The molecule has 2 aliphatic rings. The number of rotatable bonds is 3. The molecule has 15 heteroatoms. The van der Waals surface area contributed by atoms with Crippen molar-refractivity contribution in [3.8, 4) is 45.6 Å². The number of carboxylic acids is 3. The molecular weight excluding hydrogens is 825 g/mol. The second kappa shape index (κ2) is 11.2. The minimum atomic E-state index is -2.06. The summed E-state index contributed by atoms with van der Waals surface area (Å²) in [5.74, 6) is -5.12. The molecule has 0 spiro atoms. The number of aromatic nitrogens is 8. The summed E-state index contributed by atoms with van der Waals surface area (Å²) in [5.41, 5.74) is 0.0181. The molecule has 8 bridgehead atoms. The number of carbonyl (C=O) groups is 3. The SMILES string of the molecule is O=C([O-])c1cc2c3nc4nc(nc5[nH]c(nc6nc(nc([nH]3)c2c(C(=O)[O-])c1C(=O)[O-])-c1ccccc1-6)c1ccccc51)-c1ccccc1-4.[Au+3]. The molecule has 0 saturated carbocycles. The van der Waals surface area contributed by atoms with Gasteiger partial charge >= 0.3 is 22.4 Å². The van der Waals surface area contributed by atoms with E-state index in [1.54, 1.807) is 36.4 Å². The largest absolute Gasteiger partial charge is 3.00 e. The summed E-state index contributed by atoms with van der Waals surface area (Å²) in [5, 5.41) is 38.2. The normalized spacial score (nSPS) is 11.5. The number of nitrogens with zero attached hydrogens (tertiary/aromatic N) is 6. The first-order valence-corrected chi connectivity index (χ1v) is 14.7. The zero-order valence-electron chi connectivity index (χ0n) is 24.9. The summed E-state index contributed by atoms with van der Waals surface area (Å²) >= 11 is 0. The molecule has 0 amide bonds. The van der Waals surface area contributed by atoms with Crippen LogP contribution in [0.4, 0.5) is 0 Å². The van der Waals surface area contributed by atoms with Crippen LogP contribution in [0.3, 0.4) is 0 Å². The van der Waals surface area contributed by atoms with Gasteiger partial charge in [-0.3, -0.25) is 0 Å². The number of nitrogens with one attached hydrogen (secondary N) is 2. The van der Waals surface area contributed by atoms with Crippen LogP contribution in [0.15, 0.2) is 78.9 Å². The van der Waals surface area contributed by atoms with E-state index >= 15 is 0 Å². The maximum Gasteiger partial charge on any atom is 3.00 e. The van der Waals surface area contributed by atoms with Crippen molar-refractivity contribution in [3.05, 3.63) is 95.6 Å². The van der Waals surface area contributed by atoms with E-state index in [9.17, 15) is 29.7 Å². The third-order valence-electron chi connectivity index (χ3n) is 8.47. The fourth-order valence-corrected chi connectivity index (χ4v) is 6.38. The van der Waals surface area contributed by atoms with Crippen molar-refractivity contribution >= 4 is 62.0 Å². The first-order valence-electron chi connectivity index (χ1n) is 14.7. The first kappa shape index (κ1) is 30.7. The van der Waals surface area contributed by atoms with Crippen LogP contribution in [0.1, 0.15) is 31.1 Å². The standard InChI is InChI=1S/C35H18N8O6.Au/c44-33(45)21-13-20-22(24(35(48)49)23(21)34(46)47)32-42-30-19-12-6-5-11-18(19)28(40-30)38-26-15-8-2-1-7-14(15)25(36-26)37-27-16-9-3-4-10-17(16)29(39-27)41-31(20)43-32;/h1-13H,(H,44,45)(H,46,47)(H,48,49)(H2,36,37,38,39,40,41,42,43);/q;+3/p-3. The molecule has 0 atom stereocenters. The molecule has 9 rings (SSSR count). The third-order valence-corrected chi connectivity index (χ3v) is 8.47. The fourth-order valence-electron chi connectivity index (χ4n) is 6.38. The van der Waals surface area contributed by atoms with E-state index in [4.69, 9.17) is 24.9 Å². The Labute approximate surface area is 294 Å². The van der Waals surface area contributed by atoms with E-state index in [0.29, 0.717) is 39.4 Å². The summed E-state index contributed by atoms with van der Waals surface area (Å²) in [6.45, 7) is 0. The van der Waals surface area contributed by atoms with Crippen molar-refractivity contribution in [1.29, 1.82) is 0 Å². The van der Waals surface area contributed by atoms with E-state index in [2.05, 4.69) is 15.0 Å².